The lowest BCUT2D eigenvalue weighted by atomic mass is 10.2. The molecule has 3 nitrogen and oxygen atoms in total. The van der Waals surface area contributed by atoms with E-state index in [1.165, 1.54) is 0 Å². The molecule has 1 aromatic heterocycles. The summed E-state index contributed by atoms with van der Waals surface area (Å²) in [6.07, 6.45) is 3.74. The fourth-order valence-electron chi connectivity index (χ4n) is 2.04. The summed E-state index contributed by atoms with van der Waals surface area (Å²) in [4.78, 5) is 8.74. The Hall–Kier alpha value is -2.10. The van der Waals surface area contributed by atoms with Gasteiger partial charge in [-0.05, 0) is 42.0 Å². The van der Waals surface area contributed by atoms with Gasteiger partial charge in [0.25, 0.3) is 0 Å². The number of benzene rings is 2. The minimum absolute atomic E-state index is 0.391. The van der Waals surface area contributed by atoms with Gasteiger partial charge in [-0.2, -0.15) is 0 Å². The molecule has 0 atom stereocenters. The van der Waals surface area contributed by atoms with Gasteiger partial charge in [-0.3, -0.25) is 0 Å². The van der Waals surface area contributed by atoms with E-state index in [1.54, 1.807) is 19.2 Å². The van der Waals surface area contributed by atoms with E-state index in [2.05, 4.69) is 9.97 Å². The first kappa shape index (κ1) is 14.8. The van der Waals surface area contributed by atoms with E-state index >= 15 is 0 Å². The molecule has 2 aromatic carbocycles. The summed E-state index contributed by atoms with van der Waals surface area (Å²) >= 11 is 12.2. The first-order chi connectivity index (χ1) is 10.7. The highest BCUT2D eigenvalue weighted by atomic mass is 35.5. The van der Waals surface area contributed by atoms with Crippen molar-refractivity contribution in [1.29, 1.82) is 0 Å². The van der Waals surface area contributed by atoms with E-state index in [4.69, 9.17) is 27.9 Å². The van der Waals surface area contributed by atoms with E-state index in [9.17, 15) is 0 Å². The number of methoxy groups -OCH3 is 1. The largest absolute Gasteiger partial charge is 0.497 e. The number of fused-ring (bicyclic) bond motifs is 1. The zero-order valence-electron chi connectivity index (χ0n) is 11.8. The van der Waals surface area contributed by atoms with E-state index in [-0.39, 0.29) is 0 Å². The Morgan fingerprint density at radius 1 is 0.955 bits per heavy atom. The first-order valence-corrected chi connectivity index (χ1v) is 7.36. The Morgan fingerprint density at radius 2 is 1.73 bits per heavy atom. The molecule has 0 radical (unpaired) electrons. The van der Waals surface area contributed by atoms with Crippen LogP contribution in [0.15, 0.2) is 42.5 Å². The molecule has 0 unspecified atom stereocenters. The number of ether oxygens (including phenoxy) is 1. The average molecular weight is 331 g/mol. The standard InChI is InChI=1S/C17H12Cl2N2O/c1-22-13-6-2-11(3-7-13)4-9-16-20-15-8-5-12(18)10-14(15)17(19)21-16/h2-10H,1H3/b9-4+. The highest BCUT2D eigenvalue weighted by molar-refractivity contribution is 6.35. The summed E-state index contributed by atoms with van der Waals surface area (Å²) in [5, 5.41) is 1.75. The molecule has 3 aromatic rings. The molecule has 0 N–H and O–H groups in total. The van der Waals surface area contributed by atoms with Gasteiger partial charge in [-0.1, -0.05) is 41.4 Å². The van der Waals surface area contributed by atoms with Crippen LogP contribution in [0.25, 0.3) is 23.1 Å². The summed E-state index contributed by atoms with van der Waals surface area (Å²) < 4.78 is 5.13. The van der Waals surface area contributed by atoms with Crippen LogP contribution in [0.2, 0.25) is 10.2 Å². The predicted molar refractivity (Wildman–Crippen MR) is 91.5 cm³/mol. The highest BCUT2D eigenvalue weighted by Gasteiger charge is 2.05. The molecule has 3 rings (SSSR count). The number of hydrogen-bond donors (Lipinski definition) is 0. The summed E-state index contributed by atoms with van der Waals surface area (Å²) in [5.41, 5.74) is 1.79. The lowest BCUT2D eigenvalue weighted by Crippen LogP contribution is -1.90. The van der Waals surface area contributed by atoms with Gasteiger partial charge in [-0.15, -0.1) is 0 Å². The van der Waals surface area contributed by atoms with Crippen molar-refractivity contribution >= 4 is 46.3 Å². The van der Waals surface area contributed by atoms with Crippen molar-refractivity contribution in [1.82, 2.24) is 9.97 Å². The quantitative estimate of drug-likeness (QED) is 0.625. The fraction of sp³-hybridized carbons (Fsp3) is 0.0588. The second-order valence-electron chi connectivity index (χ2n) is 4.64. The average Bonchev–Trinajstić information content (AvgIpc) is 2.54. The molecule has 110 valence electrons. The van der Waals surface area contributed by atoms with Crippen LogP contribution in [0, 0.1) is 0 Å². The molecule has 0 saturated heterocycles. The van der Waals surface area contributed by atoms with Gasteiger partial charge >= 0.3 is 0 Å². The Balaban J connectivity index is 1.92. The molecule has 1 heterocycles. The lowest BCUT2D eigenvalue weighted by Gasteiger charge is -2.02. The summed E-state index contributed by atoms with van der Waals surface area (Å²) in [6, 6.07) is 13.1. The molecule has 0 fully saturated rings. The van der Waals surface area contributed by atoms with Crippen molar-refractivity contribution in [2.45, 2.75) is 0 Å². The maximum atomic E-state index is 6.20. The van der Waals surface area contributed by atoms with Gasteiger partial charge < -0.3 is 4.74 Å². The zero-order valence-corrected chi connectivity index (χ0v) is 13.3. The third-order valence-electron chi connectivity index (χ3n) is 3.17. The van der Waals surface area contributed by atoms with Gasteiger partial charge in [0.05, 0.1) is 12.6 Å². The number of halogens is 2. The van der Waals surface area contributed by atoms with Crippen LogP contribution in [0.3, 0.4) is 0 Å². The molecule has 22 heavy (non-hydrogen) atoms. The van der Waals surface area contributed by atoms with Gasteiger partial charge in [0.15, 0.2) is 5.82 Å². The van der Waals surface area contributed by atoms with Gasteiger partial charge in [0.1, 0.15) is 10.9 Å². The Labute approximate surface area is 138 Å². The third kappa shape index (κ3) is 3.21. The molecule has 0 amide bonds. The normalized spacial score (nSPS) is 11.2. The third-order valence-corrected chi connectivity index (χ3v) is 3.69. The molecule has 0 aliphatic heterocycles. The van der Waals surface area contributed by atoms with Crippen molar-refractivity contribution in [3.8, 4) is 5.75 Å². The van der Waals surface area contributed by atoms with Gasteiger partial charge in [0.2, 0.25) is 0 Å². The second kappa shape index (κ2) is 6.34. The van der Waals surface area contributed by atoms with Crippen LogP contribution in [-0.2, 0) is 0 Å². The summed E-state index contributed by atoms with van der Waals surface area (Å²) in [7, 11) is 1.64. The van der Waals surface area contributed by atoms with Crippen molar-refractivity contribution in [2.75, 3.05) is 7.11 Å². The molecule has 5 heteroatoms. The molecule has 0 aliphatic carbocycles. The minimum Gasteiger partial charge on any atom is -0.497 e. The maximum Gasteiger partial charge on any atom is 0.154 e. The topological polar surface area (TPSA) is 35.0 Å². The number of hydrogen-bond acceptors (Lipinski definition) is 3. The van der Waals surface area contributed by atoms with E-state index in [0.29, 0.717) is 16.0 Å². The predicted octanol–water partition coefficient (Wildman–Crippen LogP) is 5.12. The Kier molecular flexibility index (Phi) is 4.27. The van der Waals surface area contributed by atoms with E-state index < -0.39 is 0 Å². The van der Waals surface area contributed by atoms with Crippen LogP contribution in [0.4, 0.5) is 0 Å². The zero-order chi connectivity index (χ0) is 15.5. The smallest absolute Gasteiger partial charge is 0.154 e. The van der Waals surface area contributed by atoms with E-state index in [1.807, 2.05) is 42.5 Å². The number of aromatic nitrogens is 2. The van der Waals surface area contributed by atoms with Crippen LogP contribution < -0.4 is 4.74 Å². The summed E-state index contributed by atoms with van der Waals surface area (Å²) in [6.45, 7) is 0. The SMILES string of the molecule is COc1ccc(/C=C/c2nc(Cl)c3cc(Cl)ccc3n2)cc1. The number of rotatable bonds is 3. The monoisotopic (exact) mass is 330 g/mol. The van der Waals surface area contributed by atoms with Crippen molar-refractivity contribution in [2.24, 2.45) is 0 Å². The van der Waals surface area contributed by atoms with Crippen molar-refractivity contribution < 1.29 is 4.74 Å². The van der Waals surface area contributed by atoms with Crippen LogP contribution in [0.5, 0.6) is 5.75 Å². The Bertz CT molecular complexity index is 845. The van der Waals surface area contributed by atoms with Gasteiger partial charge in [-0.25, -0.2) is 9.97 Å². The maximum absolute atomic E-state index is 6.20. The van der Waals surface area contributed by atoms with Crippen molar-refractivity contribution in [3.05, 3.63) is 64.0 Å². The lowest BCUT2D eigenvalue weighted by molar-refractivity contribution is 0.415. The van der Waals surface area contributed by atoms with Crippen LogP contribution in [0.1, 0.15) is 11.4 Å². The van der Waals surface area contributed by atoms with Gasteiger partial charge in [0, 0.05) is 10.4 Å². The molecule has 0 saturated carbocycles. The molecule has 0 spiro atoms. The van der Waals surface area contributed by atoms with E-state index in [0.717, 1.165) is 22.2 Å². The van der Waals surface area contributed by atoms with Crippen LogP contribution >= 0.6 is 23.2 Å². The molecular weight excluding hydrogens is 319 g/mol. The minimum atomic E-state index is 0.391. The molecule has 0 bridgehead atoms. The number of nitrogens with zero attached hydrogens (tertiary/aromatic N) is 2. The van der Waals surface area contributed by atoms with Crippen LogP contribution in [-0.4, -0.2) is 17.1 Å². The fourth-order valence-corrected chi connectivity index (χ4v) is 2.45. The highest BCUT2D eigenvalue weighted by Crippen LogP contribution is 2.24. The summed E-state index contributed by atoms with van der Waals surface area (Å²) in [5.74, 6) is 1.37. The van der Waals surface area contributed by atoms with Crippen molar-refractivity contribution in [3.63, 3.8) is 0 Å². The Morgan fingerprint density at radius 3 is 2.45 bits per heavy atom. The second-order valence-corrected chi connectivity index (χ2v) is 5.44. The first-order valence-electron chi connectivity index (χ1n) is 6.60. The molecule has 0 aliphatic rings. The molecular formula is C17H12Cl2N2O.